The van der Waals surface area contributed by atoms with E-state index < -0.39 is 0 Å². The lowest BCUT2D eigenvalue weighted by molar-refractivity contribution is 0.103. The first-order valence-corrected chi connectivity index (χ1v) is 14.1. The molecule has 1 aromatic heterocycles. The first kappa shape index (κ1) is 24.1. The normalized spacial score (nSPS) is 17.6. The van der Waals surface area contributed by atoms with Gasteiger partial charge in [-0.15, -0.1) is 10.2 Å². The molecule has 5 nitrogen and oxygen atoms in total. The van der Waals surface area contributed by atoms with Crippen molar-refractivity contribution >= 4 is 10.8 Å². The third kappa shape index (κ3) is 3.80. The fraction of sp³-hybridized carbons (Fsp3) is 0.167. The Hall–Kier alpha value is -4.74. The highest BCUT2D eigenvalue weighted by Gasteiger charge is 2.33. The summed E-state index contributed by atoms with van der Waals surface area (Å²) < 4.78 is 11.9. The zero-order valence-corrected chi connectivity index (χ0v) is 22.7. The molecular formula is C36H28N2O3. The van der Waals surface area contributed by atoms with E-state index in [4.69, 9.17) is 9.15 Å². The van der Waals surface area contributed by atoms with Crippen LogP contribution in [0.1, 0.15) is 46.6 Å². The zero-order chi connectivity index (χ0) is 27.5. The standard InChI is InChI=1S/C36H28N2O3/c1-21-26-17-16-25-20-40-19-24-15-14-23(33(26)32(24)25)18-31(21)29-13-7-12-28(34(29)39)27-10-5-6-11-30(27)36-38-37-35(41-36)22-8-3-2-4-9-22/h2-17,21,31,39H,18-20H2,1H3. The fourth-order valence-electron chi connectivity index (χ4n) is 6.83. The van der Waals surface area contributed by atoms with E-state index in [0.717, 1.165) is 34.2 Å². The van der Waals surface area contributed by atoms with Crippen LogP contribution in [0.5, 0.6) is 5.75 Å². The molecule has 2 heterocycles. The van der Waals surface area contributed by atoms with E-state index in [2.05, 4.69) is 47.5 Å². The highest BCUT2D eigenvalue weighted by molar-refractivity contribution is 5.96. The molecule has 0 saturated heterocycles. The Morgan fingerprint density at radius 2 is 1.32 bits per heavy atom. The molecule has 2 atom stereocenters. The van der Waals surface area contributed by atoms with E-state index in [1.165, 1.54) is 33.0 Å². The van der Waals surface area contributed by atoms with Gasteiger partial charge in [0, 0.05) is 16.7 Å². The summed E-state index contributed by atoms with van der Waals surface area (Å²) in [7, 11) is 0. The van der Waals surface area contributed by atoms with Gasteiger partial charge < -0.3 is 14.3 Å². The summed E-state index contributed by atoms with van der Waals surface area (Å²) in [6, 6.07) is 32.7. The Labute approximate surface area is 238 Å². The summed E-state index contributed by atoms with van der Waals surface area (Å²) in [5.41, 5.74) is 9.48. The molecule has 200 valence electrons. The first-order chi connectivity index (χ1) is 20.2. The van der Waals surface area contributed by atoms with Crippen LogP contribution in [0.15, 0.2) is 101 Å². The molecule has 1 aliphatic heterocycles. The van der Waals surface area contributed by atoms with Crippen LogP contribution in [-0.2, 0) is 24.4 Å². The number of phenols is 1. The average molecular weight is 537 g/mol. The van der Waals surface area contributed by atoms with E-state index in [-0.39, 0.29) is 11.8 Å². The Bertz CT molecular complexity index is 1930. The number of benzene rings is 5. The van der Waals surface area contributed by atoms with Crippen molar-refractivity contribution in [3.63, 3.8) is 0 Å². The Kier molecular flexibility index (Phi) is 5.54. The molecule has 0 saturated carbocycles. The predicted molar refractivity (Wildman–Crippen MR) is 160 cm³/mol. The lowest BCUT2D eigenvalue weighted by atomic mass is 9.70. The molecule has 0 spiro atoms. The average Bonchev–Trinajstić information content (AvgIpc) is 3.52. The minimum Gasteiger partial charge on any atom is -0.507 e. The molecule has 5 aromatic carbocycles. The van der Waals surface area contributed by atoms with Crippen molar-refractivity contribution in [2.45, 2.75) is 38.4 Å². The van der Waals surface area contributed by atoms with Crippen molar-refractivity contribution in [2.24, 2.45) is 0 Å². The topological polar surface area (TPSA) is 68.4 Å². The van der Waals surface area contributed by atoms with E-state index >= 15 is 0 Å². The maximum atomic E-state index is 11.9. The van der Waals surface area contributed by atoms with Crippen molar-refractivity contribution < 1.29 is 14.3 Å². The summed E-state index contributed by atoms with van der Waals surface area (Å²) in [5.74, 6) is 1.59. The van der Waals surface area contributed by atoms with Gasteiger partial charge in [-0.25, -0.2) is 0 Å². The van der Waals surface area contributed by atoms with Gasteiger partial charge in [0.25, 0.3) is 0 Å². The van der Waals surface area contributed by atoms with Crippen LogP contribution >= 0.6 is 0 Å². The Balaban J connectivity index is 1.20. The predicted octanol–water partition coefficient (Wildman–Crippen LogP) is 8.40. The number of aromatic nitrogens is 2. The van der Waals surface area contributed by atoms with Crippen molar-refractivity contribution in [1.29, 1.82) is 0 Å². The van der Waals surface area contributed by atoms with Crippen molar-refractivity contribution in [3.8, 4) is 39.8 Å². The van der Waals surface area contributed by atoms with Crippen molar-refractivity contribution in [1.82, 2.24) is 10.2 Å². The summed E-state index contributed by atoms with van der Waals surface area (Å²) >= 11 is 0. The molecule has 1 N–H and O–H groups in total. The maximum absolute atomic E-state index is 11.9. The van der Waals surface area contributed by atoms with Crippen LogP contribution in [0, 0.1) is 0 Å². The number of aromatic hydroxyl groups is 1. The highest BCUT2D eigenvalue weighted by atomic mass is 16.5. The van der Waals surface area contributed by atoms with Gasteiger partial charge in [0.2, 0.25) is 11.8 Å². The van der Waals surface area contributed by atoms with Gasteiger partial charge in [-0.1, -0.05) is 85.8 Å². The van der Waals surface area contributed by atoms with Crippen LogP contribution in [0.3, 0.4) is 0 Å². The van der Waals surface area contributed by atoms with Gasteiger partial charge in [-0.2, -0.15) is 0 Å². The largest absolute Gasteiger partial charge is 0.507 e. The lowest BCUT2D eigenvalue weighted by Crippen LogP contribution is -2.19. The van der Waals surface area contributed by atoms with Crippen molar-refractivity contribution in [3.05, 3.63) is 125 Å². The van der Waals surface area contributed by atoms with Gasteiger partial charge in [0.15, 0.2) is 0 Å². The quantitative estimate of drug-likeness (QED) is 0.245. The number of ether oxygens (including phenoxy) is 1. The number of nitrogens with zero attached hydrogens (tertiary/aromatic N) is 2. The molecule has 8 rings (SSSR count). The summed E-state index contributed by atoms with van der Waals surface area (Å²) in [6.45, 7) is 3.63. The van der Waals surface area contributed by atoms with Crippen LogP contribution in [0.4, 0.5) is 0 Å². The number of hydrogen-bond acceptors (Lipinski definition) is 5. The molecule has 0 radical (unpaired) electrons. The molecule has 0 fully saturated rings. The monoisotopic (exact) mass is 536 g/mol. The third-order valence-electron chi connectivity index (χ3n) is 8.86. The molecule has 41 heavy (non-hydrogen) atoms. The smallest absolute Gasteiger partial charge is 0.248 e. The minimum absolute atomic E-state index is 0.141. The van der Waals surface area contributed by atoms with Gasteiger partial charge in [0.1, 0.15) is 5.75 Å². The summed E-state index contributed by atoms with van der Waals surface area (Å²) in [5, 5.41) is 23.3. The molecule has 2 unspecified atom stereocenters. The van der Waals surface area contributed by atoms with Crippen LogP contribution in [0.2, 0.25) is 0 Å². The molecule has 0 bridgehead atoms. The molecular weight excluding hydrogens is 508 g/mol. The van der Waals surface area contributed by atoms with Crippen LogP contribution in [-0.4, -0.2) is 15.3 Å². The lowest BCUT2D eigenvalue weighted by Gasteiger charge is -2.34. The van der Waals surface area contributed by atoms with E-state index in [9.17, 15) is 5.11 Å². The maximum Gasteiger partial charge on any atom is 0.248 e. The minimum atomic E-state index is 0.141. The summed E-state index contributed by atoms with van der Waals surface area (Å²) in [4.78, 5) is 0. The number of phenolic OH excluding ortho intramolecular Hbond substituents is 1. The second-order valence-corrected chi connectivity index (χ2v) is 11.1. The van der Waals surface area contributed by atoms with Gasteiger partial charge >= 0.3 is 0 Å². The van der Waals surface area contributed by atoms with Crippen molar-refractivity contribution in [2.75, 3.05) is 0 Å². The molecule has 1 aliphatic carbocycles. The number of rotatable bonds is 4. The van der Waals surface area contributed by atoms with E-state index in [0.29, 0.717) is 30.7 Å². The molecule has 2 aliphatic rings. The fourth-order valence-corrected chi connectivity index (χ4v) is 6.83. The zero-order valence-electron chi connectivity index (χ0n) is 22.7. The van der Waals surface area contributed by atoms with Crippen LogP contribution in [0.25, 0.3) is 44.8 Å². The van der Waals surface area contributed by atoms with Gasteiger partial charge in [-0.3, -0.25) is 0 Å². The molecule has 5 heteroatoms. The number of hydrogen-bond donors (Lipinski definition) is 1. The summed E-state index contributed by atoms with van der Waals surface area (Å²) in [6.07, 6.45) is 0.873. The SMILES string of the molecule is CC1c2ccc3c4c(ccc(c24)CC1c1cccc(-c2ccccc2-c2nnc(-c4ccccc4)o2)c1O)COC3. The Morgan fingerprint density at radius 3 is 2.15 bits per heavy atom. The van der Waals surface area contributed by atoms with E-state index in [1.54, 1.807) is 0 Å². The second-order valence-electron chi connectivity index (χ2n) is 11.1. The highest BCUT2D eigenvalue weighted by Crippen LogP contribution is 2.50. The Morgan fingerprint density at radius 1 is 0.634 bits per heavy atom. The molecule has 6 aromatic rings. The number of para-hydroxylation sites is 1. The molecule has 0 amide bonds. The third-order valence-corrected chi connectivity index (χ3v) is 8.86. The first-order valence-electron chi connectivity index (χ1n) is 14.1. The van der Waals surface area contributed by atoms with Gasteiger partial charge in [-0.05, 0) is 80.6 Å². The van der Waals surface area contributed by atoms with Crippen LogP contribution < -0.4 is 0 Å². The van der Waals surface area contributed by atoms with Gasteiger partial charge in [0.05, 0.1) is 13.2 Å². The second kappa shape index (κ2) is 9.43. The van der Waals surface area contributed by atoms with E-state index in [1.807, 2.05) is 66.7 Å².